The van der Waals surface area contributed by atoms with Gasteiger partial charge in [0.25, 0.3) is 5.91 Å². The van der Waals surface area contributed by atoms with E-state index in [1.54, 1.807) is 48.5 Å². The number of amides is 1. The maximum atomic E-state index is 12.1. The fourth-order valence-electron chi connectivity index (χ4n) is 2.27. The first-order valence-corrected chi connectivity index (χ1v) is 8.58. The van der Waals surface area contributed by atoms with E-state index in [-0.39, 0.29) is 11.7 Å². The molecule has 0 saturated heterocycles. The molecule has 0 radical (unpaired) electrons. The molecule has 0 spiro atoms. The van der Waals surface area contributed by atoms with E-state index in [0.717, 1.165) is 5.56 Å². The highest BCUT2D eigenvalue weighted by molar-refractivity contribution is 6.30. The Balaban J connectivity index is 1.54. The lowest BCUT2D eigenvalue weighted by atomic mass is 10.2. The molecule has 3 rings (SSSR count). The Hall–Kier alpha value is -3.31. The number of hydrazone groups is 1. The summed E-state index contributed by atoms with van der Waals surface area (Å²) in [5, 5.41) is 14.2. The maximum Gasteiger partial charge on any atom is 0.271 e. The highest BCUT2D eigenvalue weighted by Crippen LogP contribution is 2.16. The van der Waals surface area contributed by atoms with Crippen LogP contribution >= 0.6 is 11.6 Å². The summed E-state index contributed by atoms with van der Waals surface area (Å²) in [6.07, 6.45) is 1.39. The van der Waals surface area contributed by atoms with Crippen LogP contribution < -0.4 is 10.2 Å². The standard InChI is InChI=1S/C21H17ClN2O3/c22-18-9-5-15(6-10-18)14-27-19-11-7-16(8-12-19)21(26)24-23-13-17-3-1-2-4-20(17)25/h1-13,25H,14H2,(H,24,26). The van der Waals surface area contributed by atoms with Crippen molar-refractivity contribution >= 4 is 23.7 Å². The van der Waals surface area contributed by atoms with Gasteiger partial charge in [0, 0.05) is 16.1 Å². The summed E-state index contributed by atoms with van der Waals surface area (Å²) in [6, 6.07) is 20.9. The first-order valence-electron chi connectivity index (χ1n) is 8.20. The lowest BCUT2D eigenvalue weighted by Crippen LogP contribution is -2.17. The molecule has 0 fully saturated rings. The van der Waals surface area contributed by atoms with Crippen LogP contribution in [0, 0.1) is 0 Å². The molecule has 6 heteroatoms. The van der Waals surface area contributed by atoms with E-state index in [2.05, 4.69) is 10.5 Å². The predicted octanol–water partition coefficient (Wildman–Crippen LogP) is 4.39. The number of nitrogens with one attached hydrogen (secondary N) is 1. The minimum Gasteiger partial charge on any atom is -0.507 e. The van der Waals surface area contributed by atoms with Crippen molar-refractivity contribution in [2.75, 3.05) is 0 Å². The Labute approximate surface area is 161 Å². The minimum absolute atomic E-state index is 0.0951. The average Bonchev–Trinajstić information content (AvgIpc) is 2.69. The van der Waals surface area contributed by atoms with Crippen molar-refractivity contribution in [1.82, 2.24) is 5.43 Å². The Morgan fingerprint density at radius 3 is 2.44 bits per heavy atom. The summed E-state index contributed by atoms with van der Waals surface area (Å²) in [6.45, 7) is 0.410. The number of aromatic hydroxyl groups is 1. The number of benzene rings is 3. The maximum absolute atomic E-state index is 12.1. The van der Waals surface area contributed by atoms with Gasteiger partial charge in [-0.1, -0.05) is 35.9 Å². The molecule has 5 nitrogen and oxygen atoms in total. The van der Waals surface area contributed by atoms with Gasteiger partial charge in [-0.25, -0.2) is 5.43 Å². The van der Waals surface area contributed by atoms with Gasteiger partial charge in [0.15, 0.2) is 0 Å². The number of para-hydroxylation sites is 1. The average molecular weight is 381 g/mol. The third kappa shape index (κ3) is 5.33. The molecule has 0 aliphatic heterocycles. The molecule has 2 N–H and O–H groups in total. The van der Waals surface area contributed by atoms with Crippen molar-refractivity contribution in [2.45, 2.75) is 6.61 Å². The van der Waals surface area contributed by atoms with E-state index in [1.165, 1.54) is 6.21 Å². The molecule has 0 bridgehead atoms. The zero-order valence-corrected chi connectivity index (χ0v) is 15.1. The van der Waals surface area contributed by atoms with Crippen molar-refractivity contribution in [2.24, 2.45) is 5.10 Å². The number of rotatable bonds is 6. The number of hydrogen-bond acceptors (Lipinski definition) is 4. The Morgan fingerprint density at radius 1 is 1.04 bits per heavy atom. The summed E-state index contributed by atoms with van der Waals surface area (Å²) in [5.41, 5.74) is 4.39. The second-order valence-corrected chi connectivity index (χ2v) is 6.13. The third-order valence-electron chi connectivity index (χ3n) is 3.74. The molecule has 3 aromatic carbocycles. The largest absolute Gasteiger partial charge is 0.507 e. The smallest absolute Gasteiger partial charge is 0.271 e. The molecule has 0 atom stereocenters. The van der Waals surface area contributed by atoms with Crippen LogP contribution in [0.2, 0.25) is 5.02 Å². The van der Waals surface area contributed by atoms with E-state index in [1.807, 2.05) is 24.3 Å². The van der Waals surface area contributed by atoms with Crippen molar-refractivity contribution in [3.63, 3.8) is 0 Å². The number of hydrogen-bond donors (Lipinski definition) is 2. The summed E-state index contributed by atoms with van der Waals surface area (Å²) in [7, 11) is 0. The van der Waals surface area contributed by atoms with Gasteiger partial charge in [0.2, 0.25) is 0 Å². The van der Waals surface area contributed by atoms with Gasteiger partial charge in [-0.3, -0.25) is 4.79 Å². The van der Waals surface area contributed by atoms with Crippen molar-refractivity contribution in [3.8, 4) is 11.5 Å². The van der Waals surface area contributed by atoms with Gasteiger partial charge < -0.3 is 9.84 Å². The van der Waals surface area contributed by atoms with E-state index >= 15 is 0 Å². The minimum atomic E-state index is -0.356. The molecule has 0 aliphatic carbocycles. The van der Waals surface area contributed by atoms with Gasteiger partial charge in [0.1, 0.15) is 18.1 Å². The van der Waals surface area contributed by atoms with Gasteiger partial charge in [-0.15, -0.1) is 0 Å². The highest BCUT2D eigenvalue weighted by Gasteiger charge is 2.05. The normalized spacial score (nSPS) is 10.7. The number of nitrogens with zero attached hydrogens (tertiary/aromatic N) is 1. The first kappa shape index (κ1) is 18.5. The van der Waals surface area contributed by atoms with Gasteiger partial charge >= 0.3 is 0 Å². The topological polar surface area (TPSA) is 70.9 Å². The summed E-state index contributed by atoms with van der Waals surface area (Å²) in [5.74, 6) is 0.391. The van der Waals surface area contributed by atoms with Crippen molar-refractivity contribution in [3.05, 3.63) is 94.5 Å². The quantitative estimate of drug-likeness (QED) is 0.492. The van der Waals surface area contributed by atoms with Crippen LogP contribution in [0.4, 0.5) is 0 Å². The zero-order valence-electron chi connectivity index (χ0n) is 14.3. The highest BCUT2D eigenvalue weighted by atomic mass is 35.5. The molecule has 0 aromatic heterocycles. The van der Waals surface area contributed by atoms with Crippen LogP contribution in [0.15, 0.2) is 77.9 Å². The van der Waals surface area contributed by atoms with Crippen LogP contribution in [0.5, 0.6) is 11.5 Å². The molecule has 1 amide bonds. The Bertz CT molecular complexity index is 938. The predicted molar refractivity (Wildman–Crippen MR) is 105 cm³/mol. The second kappa shape index (κ2) is 8.87. The number of carbonyl (C=O) groups excluding carboxylic acids is 1. The second-order valence-electron chi connectivity index (χ2n) is 5.70. The number of carbonyl (C=O) groups is 1. The van der Waals surface area contributed by atoms with E-state index < -0.39 is 0 Å². The van der Waals surface area contributed by atoms with Gasteiger partial charge in [-0.2, -0.15) is 5.10 Å². The SMILES string of the molecule is O=C(NN=Cc1ccccc1O)c1ccc(OCc2ccc(Cl)cc2)cc1. The number of phenolic OH excluding ortho intramolecular Hbond substituents is 1. The van der Waals surface area contributed by atoms with Crippen LogP contribution in [-0.4, -0.2) is 17.2 Å². The monoisotopic (exact) mass is 380 g/mol. The van der Waals surface area contributed by atoms with Gasteiger partial charge in [-0.05, 0) is 54.1 Å². The Kier molecular flexibility index (Phi) is 6.07. The molecule has 0 heterocycles. The fraction of sp³-hybridized carbons (Fsp3) is 0.0476. The van der Waals surface area contributed by atoms with E-state index in [0.29, 0.717) is 28.5 Å². The molecular formula is C21H17ClN2O3. The molecule has 3 aromatic rings. The van der Waals surface area contributed by atoms with E-state index in [9.17, 15) is 9.90 Å². The number of ether oxygens (including phenoxy) is 1. The zero-order chi connectivity index (χ0) is 19.1. The van der Waals surface area contributed by atoms with Crippen LogP contribution in [0.3, 0.4) is 0 Å². The summed E-state index contributed by atoms with van der Waals surface area (Å²) >= 11 is 5.85. The number of phenols is 1. The molecule has 0 saturated carbocycles. The molecule has 136 valence electrons. The lowest BCUT2D eigenvalue weighted by Gasteiger charge is -2.07. The fourth-order valence-corrected chi connectivity index (χ4v) is 2.40. The molecular weight excluding hydrogens is 364 g/mol. The van der Waals surface area contributed by atoms with Crippen LogP contribution in [-0.2, 0) is 6.61 Å². The summed E-state index contributed by atoms with van der Waals surface area (Å²) in [4.78, 5) is 12.1. The van der Waals surface area contributed by atoms with Gasteiger partial charge in [0.05, 0.1) is 6.21 Å². The molecule has 27 heavy (non-hydrogen) atoms. The van der Waals surface area contributed by atoms with Crippen LogP contribution in [0.1, 0.15) is 21.5 Å². The number of halogens is 1. The van der Waals surface area contributed by atoms with Crippen molar-refractivity contribution in [1.29, 1.82) is 0 Å². The third-order valence-corrected chi connectivity index (χ3v) is 3.99. The first-order chi connectivity index (χ1) is 13.1. The lowest BCUT2D eigenvalue weighted by molar-refractivity contribution is 0.0955. The molecule has 0 unspecified atom stereocenters. The Morgan fingerprint density at radius 2 is 1.74 bits per heavy atom. The van der Waals surface area contributed by atoms with E-state index in [4.69, 9.17) is 16.3 Å². The summed E-state index contributed by atoms with van der Waals surface area (Å²) < 4.78 is 5.69. The van der Waals surface area contributed by atoms with Crippen molar-refractivity contribution < 1.29 is 14.6 Å². The molecule has 0 aliphatic rings. The van der Waals surface area contributed by atoms with Crippen LogP contribution in [0.25, 0.3) is 0 Å².